The molecule has 1 aliphatic heterocycles. The zero-order valence-electron chi connectivity index (χ0n) is 12.3. The number of nitrogens with two attached hydrogens (primary N) is 1. The molecule has 1 aliphatic rings. The van der Waals surface area contributed by atoms with Crippen LogP contribution in [0.5, 0.6) is 0 Å². The Morgan fingerprint density at radius 3 is 3.10 bits per heavy atom. The van der Waals surface area contributed by atoms with Crippen LogP contribution in [-0.4, -0.2) is 55.3 Å². The van der Waals surface area contributed by atoms with E-state index in [9.17, 15) is 4.79 Å². The fourth-order valence-corrected chi connectivity index (χ4v) is 2.78. The molecule has 1 aromatic heterocycles. The number of aromatic nitrogens is 2. The summed E-state index contributed by atoms with van der Waals surface area (Å²) in [7, 11) is 1.59. The minimum absolute atomic E-state index is 0.0402. The summed E-state index contributed by atoms with van der Waals surface area (Å²) in [5, 5.41) is 4.20. The van der Waals surface area contributed by atoms with Crippen molar-refractivity contribution in [3.63, 3.8) is 0 Å². The van der Waals surface area contributed by atoms with Crippen LogP contribution in [0, 0.1) is 0 Å². The van der Waals surface area contributed by atoms with Crippen molar-refractivity contribution in [1.82, 2.24) is 9.78 Å². The number of hydrogen-bond donors (Lipinski definition) is 1. The van der Waals surface area contributed by atoms with Crippen molar-refractivity contribution in [1.29, 1.82) is 0 Å². The van der Waals surface area contributed by atoms with Crippen LogP contribution >= 0.6 is 15.9 Å². The van der Waals surface area contributed by atoms with Crippen molar-refractivity contribution in [2.45, 2.75) is 25.6 Å². The first-order valence-corrected chi connectivity index (χ1v) is 7.70. The van der Waals surface area contributed by atoms with Crippen LogP contribution in [0.3, 0.4) is 0 Å². The van der Waals surface area contributed by atoms with Gasteiger partial charge in [-0.15, -0.1) is 0 Å². The van der Waals surface area contributed by atoms with E-state index in [0.29, 0.717) is 37.3 Å². The first-order valence-electron chi connectivity index (χ1n) is 6.91. The molecule has 1 fully saturated rings. The van der Waals surface area contributed by atoms with Gasteiger partial charge in [0.05, 0.1) is 37.7 Å². The molecule has 0 amide bonds. The quantitative estimate of drug-likeness (QED) is 0.807. The highest BCUT2D eigenvalue weighted by Crippen LogP contribution is 2.24. The van der Waals surface area contributed by atoms with Crippen molar-refractivity contribution in [2.75, 3.05) is 38.3 Å². The molecule has 0 aliphatic carbocycles. The summed E-state index contributed by atoms with van der Waals surface area (Å²) in [5.74, 6) is 0. The van der Waals surface area contributed by atoms with Crippen LogP contribution in [-0.2, 0) is 16.0 Å². The van der Waals surface area contributed by atoms with Gasteiger partial charge in [0, 0.05) is 26.2 Å². The number of nitrogens with zero attached hydrogens (tertiary/aromatic N) is 3. The van der Waals surface area contributed by atoms with E-state index in [2.05, 4.69) is 25.9 Å². The van der Waals surface area contributed by atoms with Gasteiger partial charge in [-0.3, -0.25) is 4.79 Å². The monoisotopic (exact) mass is 360 g/mol. The summed E-state index contributed by atoms with van der Waals surface area (Å²) in [4.78, 5) is 14.3. The molecule has 118 valence electrons. The Labute approximate surface area is 132 Å². The van der Waals surface area contributed by atoms with Gasteiger partial charge in [-0.2, -0.15) is 5.10 Å². The van der Waals surface area contributed by atoms with E-state index >= 15 is 0 Å². The van der Waals surface area contributed by atoms with Crippen molar-refractivity contribution < 1.29 is 9.47 Å². The summed E-state index contributed by atoms with van der Waals surface area (Å²) in [6.45, 7) is 4.75. The van der Waals surface area contributed by atoms with Gasteiger partial charge in [-0.25, -0.2) is 4.68 Å². The lowest BCUT2D eigenvalue weighted by atomic mass is 10.1. The van der Waals surface area contributed by atoms with Gasteiger partial charge < -0.3 is 20.1 Å². The smallest absolute Gasteiger partial charge is 0.283 e. The number of ether oxygens (including phenoxy) is 2. The SMILES string of the molecule is COCCn1ncc(N2CCOC(C(C)N)C2)c(Br)c1=O. The van der Waals surface area contributed by atoms with Gasteiger partial charge >= 0.3 is 0 Å². The van der Waals surface area contributed by atoms with Crippen molar-refractivity contribution >= 4 is 21.6 Å². The molecule has 0 aromatic carbocycles. The Hall–Kier alpha value is -0.960. The lowest BCUT2D eigenvalue weighted by molar-refractivity contribution is 0.0275. The summed E-state index contributed by atoms with van der Waals surface area (Å²) < 4.78 is 12.5. The van der Waals surface area contributed by atoms with Gasteiger partial charge in [0.25, 0.3) is 5.56 Å². The number of methoxy groups -OCH3 is 1. The summed E-state index contributed by atoms with van der Waals surface area (Å²) in [6.07, 6.45) is 1.66. The number of anilines is 1. The van der Waals surface area contributed by atoms with Crippen LogP contribution in [0.1, 0.15) is 6.92 Å². The third-order valence-electron chi connectivity index (χ3n) is 3.49. The molecule has 7 nitrogen and oxygen atoms in total. The van der Waals surface area contributed by atoms with Gasteiger partial charge in [0.2, 0.25) is 0 Å². The molecule has 0 saturated carbocycles. The van der Waals surface area contributed by atoms with E-state index in [4.69, 9.17) is 15.2 Å². The van der Waals surface area contributed by atoms with E-state index in [1.54, 1.807) is 13.3 Å². The standard InChI is InChI=1S/C13H21BrN4O3/c1-9(15)11-8-17(3-6-21-11)10-7-16-18(4-5-20-2)13(19)12(10)14/h7,9,11H,3-6,8,15H2,1-2H3. The summed E-state index contributed by atoms with van der Waals surface area (Å²) >= 11 is 3.39. The Morgan fingerprint density at radius 1 is 1.67 bits per heavy atom. The van der Waals surface area contributed by atoms with Gasteiger partial charge in [-0.1, -0.05) is 0 Å². The summed E-state index contributed by atoms with van der Waals surface area (Å²) in [5.41, 5.74) is 6.52. The average molecular weight is 361 g/mol. The minimum atomic E-state index is -0.159. The molecule has 8 heteroatoms. The molecule has 2 atom stereocenters. The number of halogens is 1. The van der Waals surface area contributed by atoms with Crippen LogP contribution in [0.2, 0.25) is 0 Å². The van der Waals surface area contributed by atoms with E-state index < -0.39 is 0 Å². The molecule has 2 N–H and O–H groups in total. The van der Waals surface area contributed by atoms with Crippen molar-refractivity contribution in [3.05, 3.63) is 21.0 Å². The van der Waals surface area contributed by atoms with E-state index in [-0.39, 0.29) is 17.7 Å². The van der Waals surface area contributed by atoms with E-state index in [1.807, 2.05) is 6.92 Å². The lowest BCUT2D eigenvalue weighted by Crippen LogP contribution is -2.50. The highest BCUT2D eigenvalue weighted by Gasteiger charge is 2.25. The first-order chi connectivity index (χ1) is 10.0. The molecular weight excluding hydrogens is 340 g/mol. The van der Waals surface area contributed by atoms with Crippen LogP contribution in [0.25, 0.3) is 0 Å². The zero-order valence-corrected chi connectivity index (χ0v) is 13.9. The second kappa shape index (κ2) is 7.35. The second-order valence-electron chi connectivity index (χ2n) is 5.08. The largest absolute Gasteiger partial charge is 0.383 e. The molecule has 0 bridgehead atoms. The average Bonchev–Trinajstić information content (AvgIpc) is 2.49. The van der Waals surface area contributed by atoms with Crippen LogP contribution < -0.4 is 16.2 Å². The normalized spacial score (nSPS) is 20.6. The molecule has 0 radical (unpaired) electrons. The maximum absolute atomic E-state index is 12.3. The fourth-order valence-electron chi connectivity index (χ4n) is 2.23. The van der Waals surface area contributed by atoms with Crippen LogP contribution in [0.4, 0.5) is 5.69 Å². The molecule has 2 unspecified atom stereocenters. The Bertz CT molecular complexity index is 535. The number of morpholine rings is 1. The topological polar surface area (TPSA) is 82.6 Å². The molecule has 21 heavy (non-hydrogen) atoms. The minimum Gasteiger partial charge on any atom is -0.383 e. The van der Waals surface area contributed by atoms with Gasteiger partial charge in [0.1, 0.15) is 4.47 Å². The second-order valence-corrected chi connectivity index (χ2v) is 5.87. The van der Waals surface area contributed by atoms with E-state index in [0.717, 1.165) is 5.69 Å². The maximum atomic E-state index is 12.3. The third kappa shape index (κ3) is 3.82. The molecule has 2 heterocycles. The predicted octanol–water partition coefficient (Wildman–Crippen LogP) is 0.205. The number of hydrogen-bond acceptors (Lipinski definition) is 6. The van der Waals surface area contributed by atoms with Crippen molar-refractivity contribution in [3.8, 4) is 0 Å². The lowest BCUT2D eigenvalue weighted by Gasteiger charge is -2.36. The first kappa shape index (κ1) is 16.4. The van der Waals surface area contributed by atoms with E-state index in [1.165, 1.54) is 4.68 Å². The van der Waals surface area contributed by atoms with Gasteiger partial charge in [-0.05, 0) is 22.9 Å². The molecule has 2 rings (SSSR count). The Morgan fingerprint density at radius 2 is 2.43 bits per heavy atom. The highest BCUT2D eigenvalue weighted by molar-refractivity contribution is 9.10. The third-order valence-corrected chi connectivity index (χ3v) is 4.24. The number of rotatable bonds is 5. The highest BCUT2D eigenvalue weighted by atomic mass is 79.9. The fraction of sp³-hybridized carbons (Fsp3) is 0.692. The maximum Gasteiger partial charge on any atom is 0.283 e. The van der Waals surface area contributed by atoms with Gasteiger partial charge in [0.15, 0.2) is 0 Å². The Balaban J connectivity index is 2.20. The molecular formula is C13H21BrN4O3. The molecule has 1 saturated heterocycles. The van der Waals surface area contributed by atoms with Crippen molar-refractivity contribution in [2.24, 2.45) is 5.73 Å². The Kier molecular flexibility index (Phi) is 5.74. The summed E-state index contributed by atoms with van der Waals surface area (Å²) in [6, 6.07) is -0.0541. The molecule has 0 spiro atoms. The predicted molar refractivity (Wildman–Crippen MR) is 83.7 cm³/mol. The van der Waals surface area contributed by atoms with Crippen LogP contribution in [0.15, 0.2) is 15.5 Å². The molecule has 1 aromatic rings. The zero-order chi connectivity index (χ0) is 15.4.